The summed E-state index contributed by atoms with van der Waals surface area (Å²) in [6, 6.07) is 8.23. The summed E-state index contributed by atoms with van der Waals surface area (Å²) in [5.74, 6) is 0.678. The van der Waals surface area contributed by atoms with E-state index < -0.39 is 0 Å². The van der Waals surface area contributed by atoms with E-state index in [1.165, 1.54) is 5.56 Å². The molecule has 16 heavy (non-hydrogen) atoms. The van der Waals surface area contributed by atoms with E-state index in [1.807, 2.05) is 23.9 Å². The smallest absolute Gasteiger partial charge is 0.128 e. The van der Waals surface area contributed by atoms with E-state index in [9.17, 15) is 0 Å². The molecule has 0 atom stereocenters. The van der Waals surface area contributed by atoms with Crippen molar-refractivity contribution < 1.29 is 0 Å². The van der Waals surface area contributed by atoms with Crippen LogP contribution in [0.1, 0.15) is 25.0 Å². The molecule has 3 heteroatoms. The van der Waals surface area contributed by atoms with E-state index in [0.29, 0.717) is 5.84 Å². The molecule has 1 aliphatic rings. The van der Waals surface area contributed by atoms with Crippen LogP contribution in [0.15, 0.2) is 24.3 Å². The van der Waals surface area contributed by atoms with Gasteiger partial charge in [0.25, 0.3) is 0 Å². The number of hydrogen-bond donors (Lipinski definition) is 1. The molecule has 0 saturated heterocycles. The molecule has 0 aliphatic carbocycles. The molecule has 0 amide bonds. The summed E-state index contributed by atoms with van der Waals surface area (Å²) in [4.78, 5) is 2.17. The van der Waals surface area contributed by atoms with Gasteiger partial charge in [-0.15, -0.1) is 0 Å². The molecule has 1 N–H and O–H groups in total. The van der Waals surface area contributed by atoms with Crippen molar-refractivity contribution >= 4 is 17.6 Å². The van der Waals surface area contributed by atoms with Gasteiger partial charge in [0.1, 0.15) is 5.84 Å². The lowest BCUT2D eigenvalue weighted by molar-refractivity contribution is 0.391. The number of benzene rings is 1. The van der Waals surface area contributed by atoms with Gasteiger partial charge in [-0.25, -0.2) is 0 Å². The number of amidine groups is 1. The molecule has 1 aromatic rings. The molecule has 0 spiro atoms. The second kappa shape index (κ2) is 4.13. The number of nitrogens with zero attached hydrogens (tertiary/aromatic N) is 1. The van der Waals surface area contributed by atoms with Crippen molar-refractivity contribution in [2.75, 3.05) is 12.8 Å². The average Bonchev–Trinajstić information content (AvgIpc) is 2.56. The minimum atomic E-state index is 0.203. The molecule has 2 rings (SSSR count). The van der Waals surface area contributed by atoms with Gasteiger partial charge in [0.2, 0.25) is 0 Å². The largest absolute Gasteiger partial charge is 0.351 e. The van der Waals surface area contributed by atoms with Crippen LogP contribution in [0.3, 0.4) is 0 Å². The van der Waals surface area contributed by atoms with Crippen LogP contribution in [0.5, 0.6) is 0 Å². The van der Waals surface area contributed by atoms with Crippen LogP contribution in [-0.4, -0.2) is 28.3 Å². The Bertz CT molecular complexity index is 412. The fourth-order valence-electron chi connectivity index (χ4n) is 2.00. The summed E-state index contributed by atoms with van der Waals surface area (Å²) in [6.07, 6.45) is 2.13. The van der Waals surface area contributed by atoms with Gasteiger partial charge in [-0.1, -0.05) is 24.3 Å². The third-order valence-corrected chi connectivity index (χ3v) is 4.31. The van der Waals surface area contributed by atoms with Crippen molar-refractivity contribution in [3.63, 3.8) is 0 Å². The zero-order valence-electron chi connectivity index (χ0n) is 10.1. The third kappa shape index (κ3) is 2.09. The lowest BCUT2D eigenvalue weighted by Gasteiger charge is -2.29. The summed E-state index contributed by atoms with van der Waals surface area (Å²) in [6.45, 7) is 6.28. The molecular formula is C13H18N2S. The van der Waals surface area contributed by atoms with E-state index in [-0.39, 0.29) is 4.75 Å². The zero-order valence-corrected chi connectivity index (χ0v) is 10.9. The Hall–Kier alpha value is -0.960. The van der Waals surface area contributed by atoms with E-state index in [4.69, 9.17) is 5.41 Å². The van der Waals surface area contributed by atoms with Crippen LogP contribution >= 0.6 is 11.8 Å². The highest BCUT2D eigenvalue weighted by atomic mass is 32.2. The third-order valence-electron chi connectivity index (χ3n) is 3.07. The molecular weight excluding hydrogens is 216 g/mol. The number of nitrogens with one attached hydrogen (secondary N) is 1. The zero-order chi connectivity index (χ0) is 11.8. The summed E-state index contributed by atoms with van der Waals surface area (Å²) in [5.41, 5.74) is 2.38. The van der Waals surface area contributed by atoms with Gasteiger partial charge >= 0.3 is 0 Å². The van der Waals surface area contributed by atoms with Crippen LogP contribution in [0.2, 0.25) is 0 Å². The van der Waals surface area contributed by atoms with Crippen molar-refractivity contribution in [3.8, 4) is 0 Å². The highest BCUT2D eigenvalue weighted by Crippen LogP contribution is 2.28. The molecule has 86 valence electrons. The van der Waals surface area contributed by atoms with Crippen molar-refractivity contribution in [3.05, 3.63) is 35.4 Å². The van der Waals surface area contributed by atoms with Crippen molar-refractivity contribution in [2.24, 2.45) is 0 Å². The van der Waals surface area contributed by atoms with E-state index in [2.05, 4.69) is 37.1 Å². The predicted octanol–water partition coefficient (Wildman–Crippen LogP) is 2.97. The molecule has 1 heterocycles. The van der Waals surface area contributed by atoms with Crippen LogP contribution < -0.4 is 0 Å². The molecule has 1 aromatic carbocycles. The van der Waals surface area contributed by atoms with E-state index in [0.717, 1.165) is 18.7 Å². The second-order valence-electron chi connectivity index (χ2n) is 4.83. The normalized spacial score (nSPS) is 15.4. The van der Waals surface area contributed by atoms with Gasteiger partial charge in [0.15, 0.2) is 0 Å². The summed E-state index contributed by atoms with van der Waals surface area (Å²) in [5, 5.41) is 8.16. The Balaban J connectivity index is 2.16. The molecule has 0 bridgehead atoms. The van der Waals surface area contributed by atoms with Crippen LogP contribution in [0, 0.1) is 5.41 Å². The van der Waals surface area contributed by atoms with Crippen LogP contribution in [0.4, 0.5) is 0 Å². The molecule has 0 aromatic heterocycles. The SMILES string of the molecule is CSC(C)(C)CN1Cc2ccccc2C1=N. The van der Waals surface area contributed by atoms with Crippen molar-refractivity contribution in [1.82, 2.24) is 4.90 Å². The number of fused-ring (bicyclic) bond motifs is 1. The minimum absolute atomic E-state index is 0.203. The first kappa shape index (κ1) is 11.5. The maximum Gasteiger partial charge on any atom is 0.128 e. The molecule has 1 aliphatic heterocycles. The lowest BCUT2D eigenvalue weighted by Crippen LogP contribution is -2.36. The lowest BCUT2D eigenvalue weighted by atomic mass is 10.1. The number of hydrogen-bond acceptors (Lipinski definition) is 2. The van der Waals surface area contributed by atoms with Crippen LogP contribution in [0.25, 0.3) is 0 Å². The van der Waals surface area contributed by atoms with Gasteiger partial charge in [-0.05, 0) is 25.7 Å². The van der Waals surface area contributed by atoms with Gasteiger partial charge < -0.3 is 4.90 Å². The van der Waals surface area contributed by atoms with Gasteiger partial charge in [-0.3, -0.25) is 5.41 Å². The highest BCUT2D eigenvalue weighted by molar-refractivity contribution is 7.99. The molecule has 2 nitrogen and oxygen atoms in total. The second-order valence-corrected chi connectivity index (χ2v) is 6.34. The topological polar surface area (TPSA) is 27.1 Å². The first-order valence-electron chi connectivity index (χ1n) is 5.50. The standard InChI is InChI=1S/C13H18N2S/c1-13(2,16-3)9-15-8-10-6-4-5-7-11(10)12(15)14/h4-7,14H,8-9H2,1-3H3. The average molecular weight is 234 g/mol. The Morgan fingerprint density at radius 2 is 2.06 bits per heavy atom. The van der Waals surface area contributed by atoms with Gasteiger partial charge in [0, 0.05) is 23.4 Å². The predicted molar refractivity (Wildman–Crippen MR) is 71.3 cm³/mol. The first-order chi connectivity index (χ1) is 7.53. The Labute approximate surface area is 102 Å². The quantitative estimate of drug-likeness (QED) is 0.870. The fourth-order valence-corrected chi connectivity index (χ4v) is 2.29. The summed E-state index contributed by atoms with van der Waals surface area (Å²) < 4.78 is 0.203. The molecule has 0 radical (unpaired) electrons. The monoisotopic (exact) mass is 234 g/mol. The molecule has 0 saturated carbocycles. The van der Waals surface area contributed by atoms with Gasteiger partial charge in [-0.2, -0.15) is 11.8 Å². The maximum atomic E-state index is 8.16. The highest BCUT2D eigenvalue weighted by Gasteiger charge is 2.28. The van der Waals surface area contributed by atoms with Gasteiger partial charge in [0.05, 0.1) is 0 Å². The number of thioether (sulfide) groups is 1. The Morgan fingerprint density at radius 3 is 2.69 bits per heavy atom. The van der Waals surface area contributed by atoms with Crippen molar-refractivity contribution in [1.29, 1.82) is 5.41 Å². The van der Waals surface area contributed by atoms with Crippen molar-refractivity contribution in [2.45, 2.75) is 25.1 Å². The minimum Gasteiger partial charge on any atom is -0.351 e. The Morgan fingerprint density at radius 1 is 1.38 bits per heavy atom. The number of rotatable bonds is 3. The first-order valence-corrected chi connectivity index (χ1v) is 6.73. The maximum absolute atomic E-state index is 8.16. The Kier molecular flexibility index (Phi) is 2.98. The molecule has 0 unspecified atom stereocenters. The van der Waals surface area contributed by atoms with Crippen LogP contribution in [-0.2, 0) is 6.54 Å². The summed E-state index contributed by atoms with van der Waals surface area (Å²) >= 11 is 1.86. The summed E-state index contributed by atoms with van der Waals surface area (Å²) in [7, 11) is 0. The van der Waals surface area contributed by atoms with E-state index >= 15 is 0 Å². The fraction of sp³-hybridized carbons (Fsp3) is 0.462. The molecule has 0 fully saturated rings. The van der Waals surface area contributed by atoms with E-state index in [1.54, 1.807) is 0 Å².